The monoisotopic (exact) mass is 331 g/mol. The second kappa shape index (κ2) is 7.03. The molecule has 2 aromatic carbocycles. The molecular formula is C21H21N3O. The zero-order valence-electron chi connectivity index (χ0n) is 14.1. The molecule has 126 valence electrons. The summed E-state index contributed by atoms with van der Waals surface area (Å²) in [7, 11) is 0. The van der Waals surface area contributed by atoms with Crippen molar-refractivity contribution >= 4 is 16.7 Å². The lowest BCUT2D eigenvalue weighted by molar-refractivity contribution is 0.0934. The normalized spacial score (nSPS) is 17.7. The average Bonchev–Trinajstić information content (AvgIpc) is 3.09. The number of carbonyl (C=O) groups excluding carboxylic acids is 1. The minimum Gasteiger partial charge on any atom is -0.347 e. The van der Waals surface area contributed by atoms with E-state index in [2.05, 4.69) is 39.5 Å². The maximum absolute atomic E-state index is 12.7. The first kappa shape index (κ1) is 15.8. The molecule has 1 saturated heterocycles. The van der Waals surface area contributed by atoms with Gasteiger partial charge in [0, 0.05) is 37.3 Å². The Morgan fingerprint density at radius 2 is 1.88 bits per heavy atom. The van der Waals surface area contributed by atoms with Crippen LogP contribution in [0.1, 0.15) is 22.5 Å². The van der Waals surface area contributed by atoms with Gasteiger partial charge < -0.3 is 5.32 Å². The summed E-state index contributed by atoms with van der Waals surface area (Å²) in [5.41, 5.74) is 1.82. The zero-order valence-corrected chi connectivity index (χ0v) is 14.1. The Bertz CT molecular complexity index is 873. The number of fused-ring (bicyclic) bond motifs is 1. The highest BCUT2D eigenvalue weighted by Gasteiger charge is 2.25. The summed E-state index contributed by atoms with van der Waals surface area (Å²) in [5.74, 6) is -0.0802. The maximum atomic E-state index is 12.7. The van der Waals surface area contributed by atoms with E-state index < -0.39 is 0 Å². The van der Waals surface area contributed by atoms with Gasteiger partial charge in [-0.3, -0.25) is 14.7 Å². The molecule has 4 rings (SSSR count). The van der Waals surface area contributed by atoms with Crippen LogP contribution in [0.3, 0.4) is 0 Å². The van der Waals surface area contributed by atoms with Crippen molar-refractivity contribution in [1.82, 2.24) is 15.2 Å². The zero-order chi connectivity index (χ0) is 17.1. The number of nitrogens with zero attached hydrogens (tertiary/aromatic N) is 2. The Kier molecular flexibility index (Phi) is 4.44. The number of nitrogens with one attached hydrogen (secondary N) is 1. The first-order valence-electron chi connectivity index (χ1n) is 8.70. The molecular weight excluding hydrogens is 310 g/mol. The summed E-state index contributed by atoms with van der Waals surface area (Å²) in [6.45, 7) is 2.81. The fraction of sp³-hybridized carbons (Fsp3) is 0.238. The molecule has 0 aliphatic carbocycles. The van der Waals surface area contributed by atoms with Crippen molar-refractivity contribution < 1.29 is 4.79 Å². The van der Waals surface area contributed by atoms with Crippen molar-refractivity contribution in [2.45, 2.75) is 19.0 Å². The third kappa shape index (κ3) is 3.54. The Hall–Kier alpha value is -2.72. The molecule has 0 saturated carbocycles. The first-order valence-corrected chi connectivity index (χ1v) is 8.70. The topological polar surface area (TPSA) is 45.2 Å². The predicted octanol–water partition coefficient (Wildman–Crippen LogP) is 3.24. The van der Waals surface area contributed by atoms with E-state index in [0.717, 1.165) is 36.8 Å². The standard InChI is InChI=1S/C21H21N3O/c25-21(20-19-9-5-4-8-17(19)10-12-22-20)23-18-11-13-24(15-18)14-16-6-2-1-3-7-16/h1-10,12,18H,11,13-15H2,(H,23,25)/t18-/m1/s1. The molecule has 4 nitrogen and oxygen atoms in total. The molecule has 1 aliphatic rings. The molecule has 1 N–H and O–H groups in total. The van der Waals surface area contributed by atoms with Crippen LogP contribution >= 0.6 is 0 Å². The highest BCUT2D eigenvalue weighted by Crippen LogP contribution is 2.18. The van der Waals surface area contributed by atoms with Crippen LogP contribution in [0.5, 0.6) is 0 Å². The van der Waals surface area contributed by atoms with E-state index in [9.17, 15) is 4.79 Å². The van der Waals surface area contributed by atoms with Crippen LogP contribution < -0.4 is 5.32 Å². The molecule has 1 aromatic heterocycles. The average molecular weight is 331 g/mol. The lowest BCUT2D eigenvalue weighted by Gasteiger charge is -2.17. The SMILES string of the molecule is O=C(N[C@@H]1CCN(Cc2ccccc2)C1)c1nccc2ccccc12. The predicted molar refractivity (Wildman–Crippen MR) is 99.3 cm³/mol. The van der Waals surface area contributed by atoms with Gasteiger partial charge in [-0.05, 0) is 23.4 Å². The van der Waals surface area contributed by atoms with Gasteiger partial charge in [-0.2, -0.15) is 0 Å². The van der Waals surface area contributed by atoms with Crippen LogP contribution in [0.2, 0.25) is 0 Å². The number of carbonyl (C=O) groups is 1. The molecule has 25 heavy (non-hydrogen) atoms. The number of likely N-dealkylation sites (tertiary alicyclic amines) is 1. The number of hydrogen-bond donors (Lipinski definition) is 1. The molecule has 0 unspecified atom stereocenters. The van der Waals surface area contributed by atoms with Gasteiger partial charge in [0.25, 0.3) is 5.91 Å². The smallest absolute Gasteiger partial charge is 0.270 e. The van der Waals surface area contributed by atoms with Gasteiger partial charge >= 0.3 is 0 Å². The van der Waals surface area contributed by atoms with Crippen LogP contribution in [0.4, 0.5) is 0 Å². The quantitative estimate of drug-likeness (QED) is 0.798. The Morgan fingerprint density at radius 1 is 1.08 bits per heavy atom. The Morgan fingerprint density at radius 3 is 2.76 bits per heavy atom. The van der Waals surface area contributed by atoms with Gasteiger partial charge in [0.15, 0.2) is 0 Å². The van der Waals surface area contributed by atoms with Crippen molar-refractivity contribution in [3.05, 3.63) is 78.1 Å². The number of benzene rings is 2. The van der Waals surface area contributed by atoms with Gasteiger partial charge in [0.1, 0.15) is 5.69 Å². The number of hydrogen-bond acceptors (Lipinski definition) is 3. The van der Waals surface area contributed by atoms with E-state index in [-0.39, 0.29) is 11.9 Å². The third-order valence-electron chi connectivity index (χ3n) is 4.75. The lowest BCUT2D eigenvalue weighted by Crippen LogP contribution is -2.37. The highest BCUT2D eigenvalue weighted by atomic mass is 16.2. The van der Waals surface area contributed by atoms with Crippen molar-refractivity contribution in [2.75, 3.05) is 13.1 Å². The number of pyridine rings is 1. The second-order valence-electron chi connectivity index (χ2n) is 6.56. The molecule has 0 radical (unpaired) electrons. The summed E-state index contributed by atoms with van der Waals surface area (Å²) < 4.78 is 0. The highest BCUT2D eigenvalue weighted by molar-refractivity contribution is 6.05. The third-order valence-corrected chi connectivity index (χ3v) is 4.75. The van der Waals surface area contributed by atoms with Crippen molar-refractivity contribution in [2.24, 2.45) is 0 Å². The van der Waals surface area contributed by atoms with Crippen LogP contribution in [0.15, 0.2) is 66.9 Å². The van der Waals surface area contributed by atoms with E-state index in [1.165, 1.54) is 5.56 Å². The largest absolute Gasteiger partial charge is 0.347 e. The van der Waals surface area contributed by atoms with Gasteiger partial charge in [-0.1, -0.05) is 54.6 Å². The van der Waals surface area contributed by atoms with E-state index in [4.69, 9.17) is 0 Å². The van der Waals surface area contributed by atoms with Crippen LogP contribution in [-0.2, 0) is 6.54 Å². The fourth-order valence-electron chi connectivity index (χ4n) is 3.49. The maximum Gasteiger partial charge on any atom is 0.270 e. The van der Waals surface area contributed by atoms with Gasteiger partial charge in [0.05, 0.1) is 0 Å². The summed E-state index contributed by atoms with van der Waals surface area (Å²) in [5, 5.41) is 5.11. The molecule has 0 spiro atoms. The van der Waals surface area contributed by atoms with E-state index >= 15 is 0 Å². The molecule has 4 heteroatoms. The van der Waals surface area contributed by atoms with Crippen LogP contribution in [0, 0.1) is 0 Å². The molecule has 1 atom stereocenters. The molecule has 0 bridgehead atoms. The van der Waals surface area contributed by atoms with Crippen LogP contribution in [0.25, 0.3) is 10.8 Å². The summed E-state index contributed by atoms with van der Waals surface area (Å²) >= 11 is 0. The number of amides is 1. The molecule has 1 fully saturated rings. The summed E-state index contributed by atoms with van der Waals surface area (Å²) in [4.78, 5) is 19.4. The van der Waals surface area contributed by atoms with Crippen LogP contribution in [-0.4, -0.2) is 34.9 Å². The van der Waals surface area contributed by atoms with E-state index in [0.29, 0.717) is 5.69 Å². The Balaban J connectivity index is 1.41. The summed E-state index contributed by atoms with van der Waals surface area (Å²) in [6, 6.07) is 20.4. The Labute approximate surface area is 147 Å². The van der Waals surface area contributed by atoms with Crippen molar-refractivity contribution in [1.29, 1.82) is 0 Å². The van der Waals surface area contributed by atoms with E-state index in [1.54, 1.807) is 6.20 Å². The van der Waals surface area contributed by atoms with Gasteiger partial charge in [0.2, 0.25) is 0 Å². The fourth-order valence-corrected chi connectivity index (χ4v) is 3.49. The molecule has 1 aliphatic heterocycles. The van der Waals surface area contributed by atoms with Crippen molar-refractivity contribution in [3.8, 4) is 0 Å². The number of rotatable bonds is 4. The lowest BCUT2D eigenvalue weighted by atomic mass is 10.1. The molecule has 2 heterocycles. The molecule has 3 aromatic rings. The minimum atomic E-state index is -0.0802. The van der Waals surface area contributed by atoms with Gasteiger partial charge in [-0.25, -0.2) is 0 Å². The first-order chi connectivity index (χ1) is 12.3. The summed E-state index contributed by atoms with van der Waals surface area (Å²) in [6.07, 6.45) is 2.68. The molecule has 1 amide bonds. The number of aromatic nitrogens is 1. The second-order valence-corrected chi connectivity index (χ2v) is 6.56. The van der Waals surface area contributed by atoms with Gasteiger partial charge in [-0.15, -0.1) is 0 Å². The minimum absolute atomic E-state index is 0.0802. The van der Waals surface area contributed by atoms with Crippen molar-refractivity contribution in [3.63, 3.8) is 0 Å². The van der Waals surface area contributed by atoms with E-state index in [1.807, 2.05) is 36.4 Å².